The highest BCUT2D eigenvalue weighted by molar-refractivity contribution is 5.78. The number of methoxy groups -OCH3 is 1. The van der Waals surface area contributed by atoms with E-state index in [0.717, 1.165) is 40.8 Å². The SMILES string of the molecule is COc1ccc(-c2cccc(CN3C[C@@H](c4ccc(F)c(F)c4)[C@@]4(CCCC(=O)N4)C3)c2)cc1. The summed E-state index contributed by atoms with van der Waals surface area (Å²) in [5, 5.41) is 3.23. The third kappa shape index (κ3) is 4.42. The van der Waals surface area contributed by atoms with Crippen molar-refractivity contribution >= 4 is 5.91 Å². The molecular formula is C28H28F2N2O2. The minimum atomic E-state index is -0.851. The first-order chi connectivity index (χ1) is 16.5. The number of hydrogen-bond donors (Lipinski definition) is 1. The number of nitrogens with one attached hydrogen (secondary N) is 1. The van der Waals surface area contributed by atoms with Crippen LogP contribution in [0.4, 0.5) is 8.78 Å². The van der Waals surface area contributed by atoms with Crippen molar-refractivity contribution in [1.82, 2.24) is 10.2 Å². The quantitative estimate of drug-likeness (QED) is 0.561. The average Bonchev–Trinajstić information content (AvgIpc) is 3.17. The zero-order valence-corrected chi connectivity index (χ0v) is 19.2. The van der Waals surface area contributed by atoms with Crippen molar-refractivity contribution in [2.75, 3.05) is 20.2 Å². The summed E-state index contributed by atoms with van der Waals surface area (Å²) in [5.74, 6) is -0.949. The molecule has 0 aromatic heterocycles. The van der Waals surface area contributed by atoms with E-state index in [2.05, 4.69) is 34.5 Å². The number of carbonyl (C=O) groups excluding carboxylic acids is 1. The molecule has 34 heavy (non-hydrogen) atoms. The fourth-order valence-electron chi connectivity index (χ4n) is 5.52. The van der Waals surface area contributed by atoms with Gasteiger partial charge >= 0.3 is 0 Å². The molecule has 176 valence electrons. The lowest BCUT2D eigenvalue weighted by atomic mass is 9.76. The van der Waals surface area contributed by atoms with E-state index in [1.54, 1.807) is 13.2 Å². The van der Waals surface area contributed by atoms with Crippen molar-refractivity contribution in [3.8, 4) is 16.9 Å². The monoisotopic (exact) mass is 462 g/mol. The number of rotatable bonds is 5. The number of benzene rings is 3. The van der Waals surface area contributed by atoms with E-state index in [0.29, 0.717) is 26.1 Å². The van der Waals surface area contributed by atoms with Crippen molar-refractivity contribution in [1.29, 1.82) is 0 Å². The third-order valence-electron chi connectivity index (χ3n) is 7.13. The zero-order chi connectivity index (χ0) is 23.7. The first kappa shape index (κ1) is 22.5. The normalized spacial score (nSPS) is 22.7. The standard InChI is InChI=1S/C28H28F2N2O2/c1-34-23-10-7-20(8-11-23)21-5-2-4-19(14-21)16-32-17-24(22-9-12-25(29)26(30)15-22)28(18-32)13-3-6-27(33)31-28/h2,4-5,7-12,14-15,24H,3,6,13,16-18H2,1H3,(H,31,33)/t24-,28+/m0/s1. The van der Waals surface area contributed by atoms with E-state index in [1.807, 2.05) is 24.3 Å². The second-order valence-corrected chi connectivity index (χ2v) is 9.38. The van der Waals surface area contributed by atoms with Crippen LogP contribution in [0.15, 0.2) is 66.7 Å². The molecule has 1 spiro atoms. The average molecular weight is 463 g/mol. The van der Waals surface area contributed by atoms with Gasteiger partial charge in [-0.05, 0) is 65.4 Å². The van der Waals surface area contributed by atoms with Gasteiger partial charge in [-0.2, -0.15) is 0 Å². The number of piperidine rings is 1. The van der Waals surface area contributed by atoms with Gasteiger partial charge in [0.05, 0.1) is 12.6 Å². The molecule has 0 saturated carbocycles. The zero-order valence-electron chi connectivity index (χ0n) is 19.2. The molecule has 0 radical (unpaired) electrons. The van der Waals surface area contributed by atoms with Crippen molar-refractivity contribution in [2.24, 2.45) is 0 Å². The molecule has 1 N–H and O–H groups in total. The molecule has 4 nitrogen and oxygen atoms in total. The number of halogens is 2. The molecular weight excluding hydrogens is 434 g/mol. The van der Waals surface area contributed by atoms with E-state index in [4.69, 9.17) is 4.74 Å². The first-order valence-electron chi connectivity index (χ1n) is 11.7. The molecule has 0 unspecified atom stereocenters. The minimum Gasteiger partial charge on any atom is -0.497 e. The van der Waals surface area contributed by atoms with E-state index in [-0.39, 0.29) is 11.8 Å². The Kier molecular flexibility index (Phi) is 6.09. The van der Waals surface area contributed by atoms with Crippen LogP contribution in [0.2, 0.25) is 0 Å². The van der Waals surface area contributed by atoms with Gasteiger partial charge in [-0.3, -0.25) is 9.69 Å². The van der Waals surface area contributed by atoms with E-state index >= 15 is 0 Å². The van der Waals surface area contributed by atoms with Gasteiger partial charge in [0, 0.05) is 32.0 Å². The number of carbonyl (C=O) groups is 1. The molecule has 2 heterocycles. The molecule has 6 heteroatoms. The van der Waals surface area contributed by atoms with E-state index in [9.17, 15) is 13.6 Å². The van der Waals surface area contributed by atoms with Gasteiger partial charge in [0.15, 0.2) is 11.6 Å². The maximum atomic E-state index is 14.1. The Hall–Kier alpha value is -3.25. The van der Waals surface area contributed by atoms with Crippen LogP contribution in [0, 0.1) is 11.6 Å². The van der Waals surface area contributed by atoms with Crippen molar-refractivity contribution < 1.29 is 18.3 Å². The Bertz CT molecular complexity index is 1200. The fraction of sp³-hybridized carbons (Fsp3) is 0.321. The summed E-state index contributed by atoms with van der Waals surface area (Å²) in [6.45, 7) is 2.05. The van der Waals surface area contributed by atoms with Gasteiger partial charge in [-0.15, -0.1) is 0 Å². The van der Waals surface area contributed by atoms with Crippen LogP contribution in [-0.4, -0.2) is 36.5 Å². The van der Waals surface area contributed by atoms with Gasteiger partial charge in [-0.25, -0.2) is 8.78 Å². The Balaban J connectivity index is 1.40. The maximum absolute atomic E-state index is 14.1. The summed E-state index contributed by atoms with van der Waals surface area (Å²) in [4.78, 5) is 14.7. The Morgan fingerprint density at radius 3 is 2.59 bits per heavy atom. The second kappa shape index (κ2) is 9.18. The lowest BCUT2D eigenvalue weighted by Gasteiger charge is -2.39. The van der Waals surface area contributed by atoms with E-state index < -0.39 is 17.2 Å². The van der Waals surface area contributed by atoms with Crippen LogP contribution in [-0.2, 0) is 11.3 Å². The minimum absolute atomic E-state index is 0.0298. The maximum Gasteiger partial charge on any atom is 0.220 e. The van der Waals surface area contributed by atoms with Gasteiger partial charge in [0.2, 0.25) is 5.91 Å². The molecule has 0 aliphatic carbocycles. The third-order valence-corrected chi connectivity index (χ3v) is 7.13. The van der Waals surface area contributed by atoms with Crippen LogP contribution >= 0.6 is 0 Å². The molecule has 5 rings (SSSR count). The summed E-state index contributed by atoms with van der Waals surface area (Å²) < 4.78 is 32.9. The van der Waals surface area contributed by atoms with Crippen LogP contribution in [0.25, 0.3) is 11.1 Å². The van der Waals surface area contributed by atoms with Crippen LogP contribution in [0.5, 0.6) is 5.75 Å². The van der Waals surface area contributed by atoms with Gasteiger partial charge in [0.1, 0.15) is 5.75 Å². The van der Waals surface area contributed by atoms with Crippen LogP contribution in [0.1, 0.15) is 36.3 Å². The van der Waals surface area contributed by atoms with E-state index in [1.165, 1.54) is 12.1 Å². The number of ether oxygens (including phenoxy) is 1. The highest BCUT2D eigenvalue weighted by Crippen LogP contribution is 2.42. The number of hydrogen-bond acceptors (Lipinski definition) is 3. The Morgan fingerprint density at radius 2 is 1.85 bits per heavy atom. The molecule has 2 atom stereocenters. The predicted octanol–water partition coefficient (Wildman–Crippen LogP) is 5.28. The molecule has 3 aromatic carbocycles. The fourth-order valence-corrected chi connectivity index (χ4v) is 5.52. The van der Waals surface area contributed by atoms with Gasteiger partial charge < -0.3 is 10.1 Å². The largest absolute Gasteiger partial charge is 0.497 e. The molecule has 2 saturated heterocycles. The topological polar surface area (TPSA) is 41.6 Å². The van der Waals surface area contributed by atoms with Crippen LogP contribution < -0.4 is 10.1 Å². The van der Waals surface area contributed by atoms with Gasteiger partial charge in [0.25, 0.3) is 0 Å². The smallest absolute Gasteiger partial charge is 0.220 e. The summed E-state index contributed by atoms with van der Waals surface area (Å²) in [6, 6.07) is 20.5. The molecule has 0 bridgehead atoms. The highest BCUT2D eigenvalue weighted by atomic mass is 19.2. The van der Waals surface area contributed by atoms with Gasteiger partial charge in [-0.1, -0.05) is 36.4 Å². The Labute approximate surface area is 198 Å². The molecule has 3 aromatic rings. The lowest BCUT2D eigenvalue weighted by molar-refractivity contribution is -0.125. The number of likely N-dealkylation sites (tertiary alicyclic amines) is 1. The first-order valence-corrected chi connectivity index (χ1v) is 11.7. The second-order valence-electron chi connectivity index (χ2n) is 9.38. The lowest BCUT2D eigenvalue weighted by Crippen LogP contribution is -2.56. The van der Waals surface area contributed by atoms with Crippen molar-refractivity contribution in [3.63, 3.8) is 0 Å². The number of nitrogens with zero attached hydrogens (tertiary/aromatic N) is 1. The predicted molar refractivity (Wildman–Crippen MR) is 128 cm³/mol. The molecule has 2 aliphatic rings. The summed E-state index contributed by atoms with van der Waals surface area (Å²) in [5.41, 5.74) is 3.66. The molecule has 1 amide bonds. The van der Waals surface area contributed by atoms with Crippen LogP contribution in [0.3, 0.4) is 0 Å². The number of amides is 1. The molecule has 2 fully saturated rings. The highest BCUT2D eigenvalue weighted by Gasteiger charge is 2.49. The summed E-state index contributed by atoms with van der Waals surface area (Å²) in [7, 11) is 1.65. The Morgan fingerprint density at radius 1 is 1.03 bits per heavy atom. The summed E-state index contributed by atoms with van der Waals surface area (Å²) in [6.07, 6.45) is 2.13. The molecule has 2 aliphatic heterocycles. The van der Waals surface area contributed by atoms with Crippen molar-refractivity contribution in [2.45, 2.75) is 37.3 Å². The van der Waals surface area contributed by atoms with Crippen molar-refractivity contribution in [3.05, 3.63) is 89.5 Å². The summed E-state index contributed by atoms with van der Waals surface area (Å²) >= 11 is 0.